The molecule has 3 rings (SSSR count). The van der Waals surface area contributed by atoms with Crippen LogP contribution >= 0.6 is 0 Å². The second-order valence-corrected chi connectivity index (χ2v) is 6.58. The van der Waals surface area contributed by atoms with Crippen LogP contribution in [0, 0.1) is 29.1 Å². The lowest BCUT2D eigenvalue weighted by atomic mass is 9.85. The van der Waals surface area contributed by atoms with Crippen LogP contribution in [0.1, 0.15) is 20.3 Å². The standard InChI is InChI=1S/C14H19NO3/c1-14(2,7-16)6-15-12(17)10-8-3-4-9(5-8)11(10)13(15)18/h3-4,8-11,16H,5-7H2,1-2H3. The van der Waals surface area contributed by atoms with Gasteiger partial charge in [0.2, 0.25) is 11.8 Å². The van der Waals surface area contributed by atoms with Crippen molar-refractivity contribution in [2.24, 2.45) is 29.1 Å². The van der Waals surface area contributed by atoms with Gasteiger partial charge in [-0.2, -0.15) is 0 Å². The topological polar surface area (TPSA) is 57.6 Å². The van der Waals surface area contributed by atoms with Crippen LogP contribution in [0.5, 0.6) is 0 Å². The molecule has 4 unspecified atom stereocenters. The van der Waals surface area contributed by atoms with Crippen LogP contribution in [-0.4, -0.2) is 35.0 Å². The second-order valence-electron chi connectivity index (χ2n) is 6.58. The molecule has 98 valence electrons. The predicted octanol–water partition coefficient (Wildman–Crippen LogP) is 0.812. The molecule has 2 bridgehead atoms. The highest BCUT2D eigenvalue weighted by atomic mass is 16.3. The maximum absolute atomic E-state index is 12.4. The van der Waals surface area contributed by atoms with Crippen molar-refractivity contribution in [1.29, 1.82) is 0 Å². The quantitative estimate of drug-likeness (QED) is 0.595. The van der Waals surface area contributed by atoms with Gasteiger partial charge in [-0.15, -0.1) is 0 Å². The van der Waals surface area contributed by atoms with Crippen LogP contribution in [0.25, 0.3) is 0 Å². The molecule has 2 aliphatic carbocycles. The molecule has 4 atom stereocenters. The minimum Gasteiger partial charge on any atom is -0.396 e. The van der Waals surface area contributed by atoms with Gasteiger partial charge in [0, 0.05) is 18.6 Å². The Balaban J connectivity index is 1.84. The number of aliphatic hydroxyl groups is 1. The highest BCUT2D eigenvalue weighted by molar-refractivity contribution is 6.06. The minimum absolute atomic E-state index is 0.0233. The first-order valence-corrected chi connectivity index (χ1v) is 6.59. The molecule has 2 amide bonds. The van der Waals surface area contributed by atoms with E-state index in [0.717, 1.165) is 6.42 Å². The Kier molecular flexibility index (Phi) is 2.43. The minimum atomic E-state index is -0.420. The van der Waals surface area contributed by atoms with Gasteiger partial charge in [-0.3, -0.25) is 14.5 Å². The van der Waals surface area contributed by atoms with Gasteiger partial charge in [-0.05, 0) is 18.3 Å². The van der Waals surface area contributed by atoms with Crippen LogP contribution in [-0.2, 0) is 9.59 Å². The Labute approximate surface area is 107 Å². The Hall–Kier alpha value is -1.16. The number of imide groups is 1. The number of carbonyl (C=O) groups is 2. The van der Waals surface area contributed by atoms with Crippen molar-refractivity contribution in [3.8, 4) is 0 Å². The number of aliphatic hydroxyl groups excluding tert-OH is 1. The molecule has 1 N–H and O–H groups in total. The fourth-order valence-electron chi connectivity index (χ4n) is 3.60. The third kappa shape index (κ3) is 1.48. The normalized spacial score (nSPS) is 37.8. The van der Waals surface area contributed by atoms with Gasteiger partial charge < -0.3 is 5.11 Å². The Bertz CT molecular complexity index is 410. The molecule has 18 heavy (non-hydrogen) atoms. The summed E-state index contributed by atoms with van der Waals surface area (Å²) in [7, 11) is 0. The molecule has 4 nitrogen and oxygen atoms in total. The Morgan fingerprint density at radius 2 is 1.72 bits per heavy atom. The van der Waals surface area contributed by atoms with E-state index in [1.54, 1.807) is 0 Å². The highest BCUT2D eigenvalue weighted by Gasteiger charge is 2.59. The van der Waals surface area contributed by atoms with E-state index in [2.05, 4.69) is 12.2 Å². The van der Waals surface area contributed by atoms with Gasteiger partial charge in [-0.25, -0.2) is 0 Å². The molecule has 1 aliphatic heterocycles. The Morgan fingerprint density at radius 3 is 2.17 bits per heavy atom. The van der Waals surface area contributed by atoms with Gasteiger partial charge in [0.25, 0.3) is 0 Å². The molecule has 0 aromatic rings. The van der Waals surface area contributed by atoms with Gasteiger partial charge in [0.15, 0.2) is 0 Å². The zero-order chi connectivity index (χ0) is 13.1. The SMILES string of the molecule is CC(C)(CO)CN1C(=O)C2C3C=CC(C3)C2C1=O. The van der Waals surface area contributed by atoms with E-state index in [4.69, 9.17) is 0 Å². The summed E-state index contributed by atoms with van der Waals surface area (Å²) in [4.78, 5) is 26.1. The van der Waals surface area contributed by atoms with Crippen molar-refractivity contribution in [2.75, 3.05) is 13.2 Å². The molecule has 1 saturated carbocycles. The number of hydrogen-bond donors (Lipinski definition) is 1. The zero-order valence-corrected chi connectivity index (χ0v) is 10.8. The monoisotopic (exact) mass is 249 g/mol. The summed E-state index contributed by atoms with van der Waals surface area (Å²) in [5.41, 5.74) is -0.420. The first-order chi connectivity index (χ1) is 8.44. The van der Waals surface area contributed by atoms with Crippen LogP contribution in [0.3, 0.4) is 0 Å². The third-order valence-electron chi connectivity index (χ3n) is 4.58. The number of hydrogen-bond acceptors (Lipinski definition) is 3. The van der Waals surface area contributed by atoms with Gasteiger partial charge >= 0.3 is 0 Å². The van der Waals surface area contributed by atoms with Crippen LogP contribution in [0.15, 0.2) is 12.2 Å². The van der Waals surface area contributed by atoms with Crippen LogP contribution in [0.4, 0.5) is 0 Å². The van der Waals surface area contributed by atoms with Gasteiger partial charge in [-0.1, -0.05) is 26.0 Å². The van der Waals surface area contributed by atoms with Crippen LogP contribution < -0.4 is 0 Å². The number of nitrogens with zero attached hydrogens (tertiary/aromatic N) is 1. The summed E-state index contributed by atoms with van der Waals surface area (Å²) in [6.45, 7) is 4.04. The molecule has 3 aliphatic rings. The molecule has 0 spiro atoms. The average Bonchev–Trinajstić information content (AvgIpc) is 2.99. The summed E-state index contributed by atoms with van der Waals surface area (Å²) in [6, 6.07) is 0. The number of rotatable bonds is 3. The average molecular weight is 249 g/mol. The molecule has 0 aromatic carbocycles. The molecule has 0 aromatic heterocycles. The van der Waals surface area contributed by atoms with E-state index >= 15 is 0 Å². The molecule has 1 heterocycles. The lowest BCUT2D eigenvalue weighted by Crippen LogP contribution is -2.41. The zero-order valence-electron chi connectivity index (χ0n) is 10.8. The maximum atomic E-state index is 12.4. The highest BCUT2D eigenvalue weighted by Crippen LogP contribution is 2.52. The van der Waals surface area contributed by atoms with Gasteiger partial charge in [0.1, 0.15) is 0 Å². The molecule has 0 radical (unpaired) electrons. The first-order valence-electron chi connectivity index (χ1n) is 6.59. The van der Waals surface area contributed by atoms with Crippen molar-refractivity contribution in [3.63, 3.8) is 0 Å². The van der Waals surface area contributed by atoms with Crippen molar-refractivity contribution >= 4 is 11.8 Å². The lowest BCUT2D eigenvalue weighted by molar-refractivity contribution is -0.142. The van der Waals surface area contributed by atoms with E-state index in [9.17, 15) is 14.7 Å². The number of likely N-dealkylation sites (tertiary alicyclic amines) is 1. The number of fused-ring (bicyclic) bond motifs is 5. The van der Waals surface area contributed by atoms with Crippen molar-refractivity contribution in [3.05, 3.63) is 12.2 Å². The van der Waals surface area contributed by atoms with Crippen molar-refractivity contribution in [1.82, 2.24) is 4.90 Å². The van der Waals surface area contributed by atoms with E-state index in [1.807, 2.05) is 13.8 Å². The maximum Gasteiger partial charge on any atom is 0.233 e. The molecular weight excluding hydrogens is 230 g/mol. The Morgan fingerprint density at radius 1 is 1.22 bits per heavy atom. The smallest absolute Gasteiger partial charge is 0.233 e. The molecule has 4 heteroatoms. The largest absolute Gasteiger partial charge is 0.396 e. The lowest BCUT2D eigenvalue weighted by Gasteiger charge is -2.28. The number of amides is 2. The predicted molar refractivity (Wildman–Crippen MR) is 65.3 cm³/mol. The molecule has 1 saturated heterocycles. The number of carbonyl (C=O) groups excluding carboxylic acids is 2. The molecular formula is C14H19NO3. The van der Waals surface area contributed by atoms with Crippen molar-refractivity contribution < 1.29 is 14.7 Å². The first kappa shape index (κ1) is 11.9. The fourth-order valence-corrected chi connectivity index (χ4v) is 3.60. The molecule has 2 fully saturated rings. The van der Waals surface area contributed by atoms with Crippen molar-refractivity contribution in [2.45, 2.75) is 20.3 Å². The summed E-state index contributed by atoms with van der Waals surface area (Å²) < 4.78 is 0. The summed E-state index contributed by atoms with van der Waals surface area (Å²) >= 11 is 0. The van der Waals surface area contributed by atoms with Gasteiger partial charge in [0.05, 0.1) is 11.8 Å². The van der Waals surface area contributed by atoms with E-state index < -0.39 is 5.41 Å². The van der Waals surface area contributed by atoms with E-state index in [-0.39, 0.29) is 42.1 Å². The number of allylic oxidation sites excluding steroid dienone is 2. The second kappa shape index (κ2) is 3.67. The fraction of sp³-hybridized carbons (Fsp3) is 0.714. The van der Waals surface area contributed by atoms with E-state index in [1.165, 1.54) is 4.90 Å². The van der Waals surface area contributed by atoms with E-state index in [0.29, 0.717) is 6.54 Å². The summed E-state index contributed by atoms with van der Waals surface area (Å²) in [5, 5.41) is 9.28. The van der Waals surface area contributed by atoms with Crippen LogP contribution in [0.2, 0.25) is 0 Å². The summed E-state index contributed by atoms with van der Waals surface area (Å²) in [6.07, 6.45) is 5.15. The summed E-state index contributed by atoms with van der Waals surface area (Å²) in [5.74, 6) is 0.230. The third-order valence-corrected chi connectivity index (χ3v) is 4.58.